The van der Waals surface area contributed by atoms with Gasteiger partial charge in [-0.2, -0.15) is 20.1 Å². The molecule has 1 aliphatic heterocycles. The maximum atomic E-state index is 9.36. The normalized spacial score (nSPS) is 19.0. The van der Waals surface area contributed by atoms with Crippen LogP contribution in [-0.2, 0) is 0 Å². The van der Waals surface area contributed by atoms with Crippen molar-refractivity contribution in [3.8, 4) is 5.95 Å². The molecule has 8 nitrogen and oxygen atoms in total. The molecule has 0 saturated carbocycles. The zero-order valence-corrected chi connectivity index (χ0v) is 10.3. The number of aromatic nitrogens is 5. The first-order valence-corrected chi connectivity index (χ1v) is 6.17. The molecular formula is C11H15N7O. The van der Waals surface area contributed by atoms with Gasteiger partial charge < -0.3 is 15.7 Å². The van der Waals surface area contributed by atoms with Gasteiger partial charge in [-0.15, -0.1) is 0 Å². The second-order valence-electron chi connectivity index (χ2n) is 4.42. The van der Waals surface area contributed by atoms with Crippen LogP contribution in [0.1, 0.15) is 12.8 Å². The van der Waals surface area contributed by atoms with Crippen LogP contribution >= 0.6 is 0 Å². The average Bonchev–Trinajstić information content (AvgIpc) is 3.09. The summed E-state index contributed by atoms with van der Waals surface area (Å²) in [7, 11) is 0. The molecule has 0 radical (unpaired) electrons. The molecule has 8 heteroatoms. The highest BCUT2D eigenvalue weighted by atomic mass is 16.3. The highest BCUT2D eigenvalue weighted by Gasteiger charge is 2.26. The van der Waals surface area contributed by atoms with Crippen LogP contribution in [0.25, 0.3) is 5.95 Å². The summed E-state index contributed by atoms with van der Waals surface area (Å²) in [5.41, 5.74) is 5.73. The molecule has 0 bridgehead atoms. The smallest absolute Gasteiger partial charge is 0.257 e. The van der Waals surface area contributed by atoms with Gasteiger partial charge in [0.05, 0.1) is 12.6 Å². The van der Waals surface area contributed by atoms with Gasteiger partial charge in [-0.3, -0.25) is 0 Å². The Morgan fingerprint density at radius 3 is 2.89 bits per heavy atom. The van der Waals surface area contributed by atoms with E-state index in [2.05, 4.69) is 20.1 Å². The van der Waals surface area contributed by atoms with E-state index in [1.807, 2.05) is 4.90 Å². The highest BCUT2D eigenvalue weighted by Crippen LogP contribution is 2.22. The van der Waals surface area contributed by atoms with Gasteiger partial charge in [-0.1, -0.05) is 0 Å². The summed E-state index contributed by atoms with van der Waals surface area (Å²) in [5.74, 6) is 1.03. The minimum absolute atomic E-state index is 0.0484. The molecule has 19 heavy (non-hydrogen) atoms. The number of anilines is 2. The molecule has 2 aromatic rings. The van der Waals surface area contributed by atoms with Crippen molar-refractivity contribution in [3.05, 3.63) is 18.5 Å². The van der Waals surface area contributed by atoms with E-state index < -0.39 is 0 Å². The molecule has 3 N–H and O–H groups in total. The lowest BCUT2D eigenvalue weighted by atomic mass is 10.2. The molecule has 0 amide bonds. The molecule has 1 saturated heterocycles. The van der Waals surface area contributed by atoms with Crippen molar-refractivity contribution in [2.75, 3.05) is 23.8 Å². The van der Waals surface area contributed by atoms with Crippen molar-refractivity contribution in [3.63, 3.8) is 0 Å². The Labute approximate surface area is 109 Å². The van der Waals surface area contributed by atoms with Crippen molar-refractivity contribution >= 4 is 11.9 Å². The van der Waals surface area contributed by atoms with Crippen LogP contribution in [0.4, 0.5) is 11.9 Å². The fourth-order valence-electron chi connectivity index (χ4n) is 2.28. The number of rotatable bonds is 3. The van der Waals surface area contributed by atoms with Crippen molar-refractivity contribution < 1.29 is 5.11 Å². The van der Waals surface area contributed by atoms with E-state index in [1.54, 1.807) is 18.5 Å². The first-order chi connectivity index (χ1) is 9.28. The summed E-state index contributed by atoms with van der Waals surface area (Å²) in [5, 5.41) is 13.4. The minimum atomic E-state index is 0.0484. The molecule has 2 aromatic heterocycles. The lowest BCUT2D eigenvalue weighted by Crippen LogP contribution is -2.34. The van der Waals surface area contributed by atoms with Crippen LogP contribution in [0.15, 0.2) is 18.5 Å². The Hall–Kier alpha value is -2.22. The van der Waals surface area contributed by atoms with E-state index in [1.165, 1.54) is 4.68 Å². The van der Waals surface area contributed by atoms with Gasteiger partial charge in [-0.05, 0) is 18.9 Å². The maximum Gasteiger partial charge on any atom is 0.257 e. The van der Waals surface area contributed by atoms with Crippen molar-refractivity contribution in [1.82, 2.24) is 24.7 Å². The van der Waals surface area contributed by atoms with Crippen molar-refractivity contribution in [2.24, 2.45) is 0 Å². The largest absolute Gasteiger partial charge is 0.394 e. The van der Waals surface area contributed by atoms with Gasteiger partial charge in [0.1, 0.15) is 0 Å². The average molecular weight is 261 g/mol. The Morgan fingerprint density at radius 1 is 1.32 bits per heavy atom. The third-order valence-corrected chi connectivity index (χ3v) is 3.18. The van der Waals surface area contributed by atoms with E-state index in [0.717, 1.165) is 19.4 Å². The van der Waals surface area contributed by atoms with Gasteiger partial charge in [-0.25, -0.2) is 4.68 Å². The fraction of sp³-hybridized carbons (Fsp3) is 0.455. The molecule has 1 fully saturated rings. The van der Waals surface area contributed by atoms with E-state index >= 15 is 0 Å². The standard InChI is InChI=1S/C11H15N7O/c12-9-14-10(17-5-1-3-8(17)7-19)16-11(15-9)18-6-2-4-13-18/h2,4,6,8,19H,1,3,5,7H2,(H2,12,14,15,16). The summed E-state index contributed by atoms with van der Waals surface area (Å²) in [6, 6.07) is 1.83. The number of nitrogens with two attached hydrogens (primary N) is 1. The maximum absolute atomic E-state index is 9.36. The zero-order chi connectivity index (χ0) is 13.2. The highest BCUT2D eigenvalue weighted by molar-refractivity contribution is 5.39. The number of aliphatic hydroxyl groups is 1. The van der Waals surface area contributed by atoms with Crippen LogP contribution in [0.5, 0.6) is 0 Å². The monoisotopic (exact) mass is 261 g/mol. The number of nitrogen functional groups attached to an aromatic ring is 1. The number of nitrogens with zero attached hydrogens (tertiary/aromatic N) is 6. The molecule has 3 rings (SSSR count). The van der Waals surface area contributed by atoms with E-state index in [4.69, 9.17) is 5.73 Å². The summed E-state index contributed by atoms with van der Waals surface area (Å²) >= 11 is 0. The SMILES string of the molecule is Nc1nc(N2CCCC2CO)nc(-n2cccn2)n1. The molecule has 1 unspecified atom stereocenters. The van der Waals surface area contributed by atoms with Crippen molar-refractivity contribution in [2.45, 2.75) is 18.9 Å². The molecule has 1 aliphatic rings. The summed E-state index contributed by atoms with van der Waals surface area (Å²) in [6.07, 6.45) is 5.32. The summed E-state index contributed by atoms with van der Waals surface area (Å²) in [6.45, 7) is 0.899. The van der Waals surface area contributed by atoms with Gasteiger partial charge in [0, 0.05) is 18.9 Å². The van der Waals surface area contributed by atoms with E-state index in [-0.39, 0.29) is 18.6 Å². The number of aliphatic hydroxyl groups excluding tert-OH is 1. The van der Waals surface area contributed by atoms with Gasteiger partial charge >= 0.3 is 0 Å². The molecule has 3 heterocycles. The van der Waals surface area contributed by atoms with Crippen LogP contribution < -0.4 is 10.6 Å². The first kappa shape index (κ1) is 11.8. The van der Waals surface area contributed by atoms with Crippen LogP contribution in [0.2, 0.25) is 0 Å². The van der Waals surface area contributed by atoms with Gasteiger partial charge in [0.2, 0.25) is 11.9 Å². The third-order valence-electron chi connectivity index (χ3n) is 3.18. The third kappa shape index (κ3) is 2.22. The molecule has 1 atom stereocenters. The van der Waals surface area contributed by atoms with Gasteiger partial charge in [0.25, 0.3) is 5.95 Å². The molecule has 0 aliphatic carbocycles. The van der Waals surface area contributed by atoms with Gasteiger partial charge in [0.15, 0.2) is 0 Å². The summed E-state index contributed by atoms with van der Waals surface area (Å²) < 4.78 is 1.53. The van der Waals surface area contributed by atoms with E-state index in [9.17, 15) is 5.11 Å². The number of hydrogen-bond donors (Lipinski definition) is 2. The first-order valence-electron chi connectivity index (χ1n) is 6.17. The Morgan fingerprint density at radius 2 is 2.16 bits per heavy atom. The molecule has 0 aromatic carbocycles. The lowest BCUT2D eigenvalue weighted by molar-refractivity contribution is 0.265. The predicted octanol–water partition coefficient (Wildman–Crippen LogP) is -0.399. The molecule has 0 spiro atoms. The Kier molecular flexibility index (Phi) is 3.00. The second kappa shape index (κ2) is 4.81. The second-order valence-corrected chi connectivity index (χ2v) is 4.42. The minimum Gasteiger partial charge on any atom is -0.394 e. The van der Waals surface area contributed by atoms with Crippen molar-refractivity contribution in [1.29, 1.82) is 0 Å². The zero-order valence-electron chi connectivity index (χ0n) is 10.3. The molecule has 100 valence electrons. The Balaban J connectivity index is 1.98. The van der Waals surface area contributed by atoms with Crippen LogP contribution in [0, 0.1) is 0 Å². The molecular weight excluding hydrogens is 246 g/mol. The van der Waals surface area contributed by atoms with Crippen LogP contribution in [-0.4, -0.2) is 49.0 Å². The topological polar surface area (TPSA) is 106 Å². The Bertz CT molecular complexity index is 556. The lowest BCUT2D eigenvalue weighted by Gasteiger charge is -2.23. The van der Waals surface area contributed by atoms with E-state index in [0.29, 0.717) is 11.9 Å². The number of hydrogen-bond acceptors (Lipinski definition) is 7. The fourth-order valence-corrected chi connectivity index (χ4v) is 2.28. The quantitative estimate of drug-likeness (QED) is 0.774. The summed E-state index contributed by atoms with van der Waals surface area (Å²) in [4.78, 5) is 14.6. The van der Waals surface area contributed by atoms with Crippen LogP contribution in [0.3, 0.4) is 0 Å². The predicted molar refractivity (Wildman–Crippen MR) is 68.8 cm³/mol.